The maximum absolute atomic E-state index is 11.6. The van der Waals surface area contributed by atoms with E-state index >= 15 is 0 Å². The zero-order chi connectivity index (χ0) is 13.2. The zero-order valence-electron chi connectivity index (χ0n) is 10.9. The highest BCUT2D eigenvalue weighted by Gasteiger charge is 2.02. The Morgan fingerprint density at radius 2 is 1.94 bits per heavy atom. The molecule has 1 aromatic rings. The van der Waals surface area contributed by atoms with Gasteiger partial charge in [0.25, 0.3) is 0 Å². The van der Waals surface area contributed by atoms with Gasteiger partial charge in [-0.2, -0.15) is 0 Å². The highest BCUT2D eigenvalue weighted by atomic mass is 127. The summed E-state index contributed by atoms with van der Waals surface area (Å²) in [7, 11) is 0. The molecule has 18 heavy (non-hydrogen) atoms. The maximum atomic E-state index is 11.6. The second-order valence-electron chi connectivity index (χ2n) is 4.43. The summed E-state index contributed by atoms with van der Waals surface area (Å²) in [5.74, 6) is 0.714. The van der Waals surface area contributed by atoms with Gasteiger partial charge in [0.2, 0.25) is 5.91 Å². The molecule has 1 rings (SSSR count). The summed E-state index contributed by atoms with van der Waals surface area (Å²) in [5.41, 5.74) is 0. The third kappa shape index (κ3) is 6.93. The number of carbonyl (C=O) groups excluding carboxylic acids is 1. The van der Waals surface area contributed by atoms with Crippen LogP contribution in [-0.2, 0) is 4.79 Å². The van der Waals surface area contributed by atoms with Crippen LogP contribution in [0.15, 0.2) is 18.3 Å². The minimum Gasteiger partial charge on any atom is -0.311 e. The Hall–Kier alpha value is -0.650. The fourth-order valence-corrected chi connectivity index (χ4v) is 2.04. The average molecular weight is 360 g/mol. The number of carbonyl (C=O) groups is 1. The molecule has 1 aromatic heterocycles. The van der Waals surface area contributed by atoms with Gasteiger partial charge in [0.1, 0.15) is 5.82 Å². The average Bonchev–Trinajstić information content (AvgIpc) is 2.36. The van der Waals surface area contributed by atoms with E-state index in [1.165, 1.54) is 25.7 Å². The molecule has 0 aliphatic heterocycles. The topological polar surface area (TPSA) is 42.0 Å². The van der Waals surface area contributed by atoms with Crippen molar-refractivity contribution in [3.63, 3.8) is 0 Å². The van der Waals surface area contributed by atoms with E-state index in [4.69, 9.17) is 0 Å². The van der Waals surface area contributed by atoms with Gasteiger partial charge in [-0.15, -0.1) is 0 Å². The van der Waals surface area contributed by atoms with Crippen molar-refractivity contribution < 1.29 is 4.79 Å². The first-order chi connectivity index (χ1) is 8.72. The number of pyridine rings is 1. The quantitative estimate of drug-likeness (QED) is 0.552. The van der Waals surface area contributed by atoms with Gasteiger partial charge in [-0.05, 0) is 41.1 Å². The van der Waals surface area contributed by atoms with E-state index in [1.54, 1.807) is 6.20 Å². The summed E-state index contributed by atoms with van der Waals surface area (Å²) < 4.78 is 1.07. The number of anilines is 1. The number of nitrogens with one attached hydrogen (secondary N) is 1. The molecule has 0 radical (unpaired) electrons. The van der Waals surface area contributed by atoms with Crippen LogP contribution in [-0.4, -0.2) is 10.9 Å². The lowest BCUT2D eigenvalue weighted by atomic mass is 10.1. The van der Waals surface area contributed by atoms with Crippen LogP contribution in [0.2, 0.25) is 0 Å². The van der Waals surface area contributed by atoms with Gasteiger partial charge in [0.05, 0.1) is 0 Å². The monoisotopic (exact) mass is 360 g/mol. The summed E-state index contributed by atoms with van der Waals surface area (Å²) in [4.78, 5) is 15.8. The number of aromatic nitrogens is 1. The SMILES string of the molecule is CCCCCCCCC(=O)Nc1ccc(I)cn1. The Balaban J connectivity index is 2.12. The molecule has 0 unspecified atom stereocenters. The fraction of sp³-hybridized carbons (Fsp3) is 0.571. The second-order valence-corrected chi connectivity index (χ2v) is 5.67. The number of amides is 1. The number of halogens is 1. The molecule has 100 valence electrons. The van der Waals surface area contributed by atoms with Crippen LogP contribution in [0.4, 0.5) is 5.82 Å². The third-order valence-corrected chi connectivity index (χ3v) is 3.39. The smallest absolute Gasteiger partial charge is 0.225 e. The molecular weight excluding hydrogens is 339 g/mol. The van der Waals surface area contributed by atoms with Crippen molar-refractivity contribution in [2.45, 2.75) is 51.9 Å². The molecular formula is C14H21IN2O. The van der Waals surface area contributed by atoms with Crippen molar-refractivity contribution in [1.82, 2.24) is 4.98 Å². The molecule has 1 heterocycles. The largest absolute Gasteiger partial charge is 0.311 e. The molecule has 0 atom stereocenters. The van der Waals surface area contributed by atoms with Gasteiger partial charge in [0, 0.05) is 16.2 Å². The van der Waals surface area contributed by atoms with Gasteiger partial charge < -0.3 is 5.32 Å². The van der Waals surface area contributed by atoms with E-state index in [9.17, 15) is 4.79 Å². The van der Waals surface area contributed by atoms with Gasteiger partial charge in [-0.25, -0.2) is 4.98 Å². The molecule has 1 N–H and O–H groups in total. The molecule has 0 fully saturated rings. The number of hydrogen-bond donors (Lipinski definition) is 1. The van der Waals surface area contributed by atoms with E-state index < -0.39 is 0 Å². The molecule has 0 aliphatic carbocycles. The molecule has 0 spiro atoms. The molecule has 0 bridgehead atoms. The van der Waals surface area contributed by atoms with Crippen molar-refractivity contribution in [2.75, 3.05) is 5.32 Å². The Bertz CT molecular complexity index is 351. The normalized spacial score (nSPS) is 10.3. The van der Waals surface area contributed by atoms with Crippen LogP contribution in [0.3, 0.4) is 0 Å². The predicted octanol–water partition coefficient (Wildman–Crippen LogP) is 4.38. The van der Waals surface area contributed by atoms with Gasteiger partial charge in [-0.1, -0.05) is 39.0 Å². The second kappa shape index (κ2) is 9.30. The Labute approximate surface area is 123 Å². The highest BCUT2D eigenvalue weighted by molar-refractivity contribution is 14.1. The molecule has 0 aliphatic rings. The van der Waals surface area contributed by atoms with Crippen molar-refractivity contribution in [3.8, 4) is 0 Å². The van der Waals surface area contributed by atoms with Crippen molar-refractivity contribution in [3.05, 3.63) is 21.9 Å². The molecule has 3 nitrogen and oxygen atoms in total. The predicted molar refractivity (Wildman–Crippen MR) is 83.6 cm³/mol. The van der Waals surface area contributed by atoms with E-state index in [0.29, 0.717) is 12.2 Å². The summed E-state index contributed by atoms with van der Waals surface area (Å²) in [6.07, 6.45) is 9.56. The number of nitrogens with zero attached hydrogens (tertiary/aromatic N) is 1. The molecule has 0 saturated heterocycles. The third-order valence-electron chi connectivity index (χ3n) is 2.75. The van der Waals surface area contributed by atoms with Gasteiger partial charge in [-0.3, -0.25) is 4.79 Å². The maximum Gasteiger partial charge on any atom is 0.225 e. The lowest BCUT2D eigenvalue weighted by Crippen LogP contribution is -2.12. The Morgan fingerprint density at radius 3 is 2.61 bits per heavy atom. The summed E-state index contributed by atoms with van der Waals surface area (Å²) >= 11 is 2.19. The Kier molecular flexibility index (Phi) is 7.96. The lowest BCUT2D eigenvalue weighted by Gasteiger charge is -2.04. The van der Waals surface area contributed by atoms with Crippen LogP contribution in [0.1, 0.15) is 51.9 Å². The first-order valence-electron chi connectivity index (χ1n) is 6.63. The van der Waals surface area contributed by atoms with Gasteiger partial charge in [0.15, 0.2) is 0 Å². The van der Waals surface area contributed by atoms with Gasteiger partial charge >= 0.3 is 0 Å². The minimum absolute atomic E-state index is 0.0687. The first kappa shape index (κ1) is 15.4. The number of unbranched alkanes of at least 4 members (excludes halogenated alkanes) is 5. The van der Waals surface area contributed by atoms with E-state index in [1.807, 2.05) is 12.1 Å². The van der Waals surface area contributed by atoms with Crippen LogP contribution >= 0.6 is 22.6 Å². The van der Waals surface area contributed by atoms with Crippen LogP contribution in [0.25, 0.3) is 0 Å². The Morgan fingerprint density at radius 1 is 1.22 bits per heavy atom. The van der Waals surface area contributed by atoms with Crippen molar-refractivity contribution >= 4 is 34.3 Å². The number of rotatable bonds is 8. The minimum atomic E-state index is 0.0687. The molecule has 1 amide bonds. The first-order valence-corrected chi connectivity index (χ1v) is 7.71. The zero-order valence-corrected chi connectivity index (χ0v) is 13.1. The summed E-state index contributed by atoms with van der Waals surface area (Å²) in [6.45, 7) is 2.21. The molecule has 0 saturated carbocycles. The fourth-order valence-electron chi connectivity index (χ4n) is 1.72. The van der Waals surface area contributed by atoms with E-state index in [-0.39, 0.29) is 5.91 Å². The molecule has 4 heteroatoms. The van der Waals surface area contributed by atoms with E-state index in [2.05, 4.69) is 39.8 Å². The van der Waals surface area contributed by atoms with E-state index in [0.717, 1.165) is 16.4 Å². The van der Waals surface area contributed by atoms with Crippen LogP contribution in [0.5, 0.6) is 0 Å². The lowest BCUT2D eigenvalue weighted by molar-refractivity contribution is -0.116. The number of hydrogen-bond acceptors (Lipinski definition) is 2. The summed E-state index contributed by atoms with van der Waals surface area (Å²) in [5, 5.41) is 2.82. The highest BCUT2D eigenvalue weighted by Crippen LogP contribution is 2.10. The van der Waals surface area contributed by atoms with Crippen molar-refractivity contribution in [1.29, 1.82) is 0 Å². The molecule has 0 aromatic carbocycles. The standard InChI is InChI=1S/C14H21IN2O/c1-2-3-4-5-6-7-8-14(18)17-13-10-9-12(15)11-16-13/h9-11H,2-8H2,1H3,(H,16,17,18). The van der Waals surface area contributed by atoms with Crippen LogP contribution in [0, 0.1) is 3.57 Å². The summed E-state index contributed by atoms with van der Waals surface area (Å²) in [6, 6.07) is 3.77. The van der Waals surface area contributed by atoms with Crippen molar-refractivity contribution in [2.24, 2.45) is 0 Å². The van der Waals surface area contributed by atoms with Crippen LogP contribution < -0.4 is 5.32 Å².